The standard InChI is InChI=1S/C14H25N3/c1-10(2)8-17(9-11(3)4)14-12(5)6-13(15)7-16-14/h6-7,10-11H,8-9,15H2,1-5H3. The summed E-state index contributed by atoms with van der Waals surface area (Å²) < 4.78 is 0. The van der Waals surface area contributed by atoms with Gasteiger partial charge in [0.05, 0.1) is 11.9 Å². The molecular formula is C14H25N3. The van der Waals surface area contributed by atoms with E-state index in [0.717, 1.165) is 30.2 Å². The van der Waals surface area contributed by atoms with Crippen LogP contribution < -0.4 is 10.6 Å². The topological polar surface area (TPSA) is 42.1 Å². The van der Waals surface area contributed by atoms with E-state index in [-0.39, 0.29) is 0 Å². The second-order valence-electron chi connectivity index (χ2n) is 5.60. The number of nitrogen functional groups attached to an aromatic ring is 1. The molecular weight excluding hydrogens is 210 g/mol. The fraction of sp³-hybridized carbons (Fsp3) is 0.643. The van der Waals surface area contributed by atoms with Crippen molar-refractivity contribution in [2.75, 3.05) is 23.7 Å². The Labute approximate surface area is 105 Å². The lowest BCUT2D eigenvalue weighted by Crippen LogP contribution is -2.32. The molecule has 17 heavy (non-hydrogen) atoms. The lowest BCUT2D eigenvalue weighted by molar-refractivity contribution is 0.548. The largest absolute Gasteiger partial charge is 0.397 e. The number of hydrogen-bond donors (Lipinski definition) is 1. The Kier molecular flexibility index (Phi) is 4.79. The van der Waals surface area contributed by atoms with Crippen molar-refractivity contribution in [2.24, 2.45) is 11.8 Å². The number of anilines is 2. The van der Waals surface area contributed by atoms with Gasteiger partial charge in [-0.3, -0.25) is 0 Å². The van der Waals surface area contributed by atoms with Gasteiger partial charge in [0.25, 0.3) is 0 Å². The number of nitrogens with two attached hydrogens (primary N) is 1. The summed E-state index contributed by atoms with van der Waals surface area (Å²) in [5.41, 5.74) is 7.64. The van der Waals surface area contributed by atoms with Gasteiger partial charge in [0.1, 0.15) is 5.82 Å². The van der Waals surface area contributed by atoms with Crippen molar-refractivity contribution in [2.45, 2.75) is 34.6 Å². The highest BCUT2D eigenvalue weighted by atomic mass is 15.2. The van der Waals surface area contributed by atoms with Crippen molar-refractivity contribution in [1.29, 1.82) is 0 Å². The zero-order valence-corrected chi connectivity index (χ0v) is 11.7. The van der Waals surface area contributed by atoms with Crippen LogP contribution in [0.15, 0.2) is 12.3 Å². The molecule has 0 amide bonds. The summed E-state index contributed by atoms with van der Waals surface area (Å²) in [5, 5.41) is 0. The Morgan fingerprint density at radius 3 is 2.12 bits per heavy atom. The molecule has 0 bridgehead atoms. The van der Waals surface area contributed by atoms with E-state index in [1.165, 1.54) is 0 Å². The van der Waals surface area contributed by atoms with Gasteiger partial charge in [-0.25, -0.2) is 4.98 Å². The van der Waals surface area contributed by atoms with Crippen LogP contribution in [0.4, 0.5) is 11.5 Å². The summed E-state index contributed by atoms with van der Waals surface area (Å²) in [4.78, 5) is 6.85. The minimum atomic E-state index is 0.632. The Morgan fingerprint density at radius 1 is 1.18 bits per heavy atom. The predicted octanol–water partition coefficient (Wildman–Crippen LogP) is 3.09. The number of hydrogen-bond acceptors (Lipinski definition) is 3. The van der Waals surface area contributed by atoms with Crippen LogP contribution in [0.3, 0.4) is 0 Å². The van der Waals surface area contributed by atoms with E-state index in [4.69, 9.17) is 5.73 Å². The quantitative estimate of drug-likeness (QED) is 0.852. The highest BCUT2D eigenvalue weighted by Gasteiger charge is 2.13. The minimum Gasteiger partial charge on any atom is -0.397 e. The molecule has 1 aromatic heterocycles. The van der Waals surface area contributed by atoms with E-state index in [0.29, 0.717) is 11.8 Å². The molecule has 0 aliphatic heterocycles. The average Bonchev–Trinajstić information content (AvgIpc) is 2.14. The van der Waals surface area contributed by atoms with Gasteiger partial charge >= 0.3 is 0 Å². The lowest BCUT2D eigenvalue weighted by Gasteiger charge is -2.28. The monoisotopic (exact) mass is 235 g/mol. The zero-order valence-electron chi connectivity index (χ0n) is 11.7. The van der Waals surface area contributed by atoms with Crippen LogP contribution >= 0.6 is 0 Å². The van der Waals surface area contributed by atoms with Gasteiger partial charge < -0.3 is 10.6 Å². The van der Waals surface area contributed by atoms with Crippen LogP contribution in [-0.4, -0.2) is 18.1 Å². The van der Waals surface area contributed by atoms with Gasteiger partial charge in [-0.1, -0.05) is 27.7 Å². The maximum atomic E-state index is 5.75. The Balaban J connectivity index is 2.95. The first-order valence-corrected chi connectivity index (χ1v) is 6.37. The van der Waals surface area contributed by atoms with Gasteiger partial charge in [-0.2, -0.15) is 0 Å². The molecule has 1 rings (SSSR count). The molecule has 0 aliphatic rings. The summed E-state index contributed by atoms with van der Waals surface area (Å²) in [7, 11) is 0. The number of aryl methyl sites for hydroxylation is 1. The number of aromatic nitrogens is 1. The van der Waals surface area contributed by atoms with Crippen LogP contribution in [-0.2, 0) is 0 Å². The molecule has 0 aliphatic carbocycles. The molecule has 2 N–H and O–H groups in total. The Morgan fingerprint density at radius 2 is 1.71 bits per heavy atom. The molecule has 0 atom stereocenters. The van der Waals surface area contributed by atoms with Crippen molar-refractivity contribution in [3.05, 3.63) is 17.8 Å². The van der Waals surface area contributed by atoms with Crippen LogP contribution in [0.1, 0.15) is 33.3 Å². The highest BCUT2D eigenvalue weighted by molar-refractivity contribution is 5.52. The van der Waals surface area contributed by atoms with E-state index in [1.54, 1.807) is 6.20 Å². The molecule has 1 aromatic rings. The van der Waals surface area contributed by atoms with Gasteiger partial charge in [-0.15, -0.1) is 0 Å². The normalized spacial score (nSPS) is 11.2. The van der Waals surface area contributed by atoms with E-state index >= 15 is 0 Å². The van der Waals surface area contributed by atoms with Crippen LogP contribution in [0.25, 0.3) is 0 Å². The molecule has 0 spiro atoms. The Bertz CT molecular complexity index is 348. The van der Waals surface area contributed by atoms with E-state index in [1.807, 2.05) is 6.07 Å². The molecule has 3 heteroatoms. The summed E-state index contributed by atoms with van der Waals surface area (Å²) in [6, 6.07) is 2.00. The predicted molar refractivity (Wildman–Crippen MR) is 75.3 cm³/mol. The highest BCUT2D eigenvalue weighted by Crippen LogP contribution is 2.21. The molecule has 0 aromatic carbocycles. The molecule has 3 nitrogen and oxygen atoms in total. The maximum absolute atomic E-state index is 5.75. The first-order valence-electron chi connectivity index (χ1n) is 6.37. The van der Waals surface area contributed by atoms with E-state index in [9.17, 15) is 0 Å². The lowest BCUT2D eigenvalue weighted by atomic mass is 10.1. The second kappa shape index (κ2) is 5.89. The average molecular weight is 235 g/mol. The molecule has 0 radical (unpaired) electrons. The molecule has 0 saturated carbocycles. The van der Waals surface area contributed by atoms with Crippen molar-refractivity contribution in [1.82, 2.24) is 4.98 Å². The molecule has 1 heterocycles. The first-order chi connectivity index (χ1) is 7.90. The van der Waals surface area contributed by atoms with Crippen molar-refractivity contribution in [3.8, 4) is 0 Å². The molecule has 0 unspecified atom stereocenters. The first kappa shape index (κ1) is 13.8. The summed E-state index contributed by atoms with van der Waals surface area (Å²) in [6.45, 7) is 13.1. The molecule has 0 saturated heterocycles. The number of pyridine rings is 1. The minimum absolute atomic E-state index is 0.632. The van der Waals surface area contributed by atoms with Crippen molar-refractivity contribution in [3.63, 3.8) is 0 Å². The van der Waals surface area contributed by atoms with Gasteiger partial charge in [0, 0.05) is 13.1 Å². The summed E-state index contributed by atoms with van der Waals surface area (Å²) >= 11 is 0. The fourth-order valence-electron chi connectivity index (χ4n) is 2.05. The maximum Gasteiger partial charge on any atom is 0.131 e. The SMILES string of the molecule is Cc1cc(N)cnc1N(CC(C)C)CC(C)C. The van der Waals surface area contributed by atoms with Crippen molar-refractivity contribution < 1.29 is 0 Å². The number of rotatable bonds is 5. The van der Waals surface area contributed by atoms with Crippen molar-refractivity contribution >= 4 is 11.5 Å². The summed E-state index contributed by atoms with van der Waals surface area (Å²) in [6.07, 6.45) is 1.75. The third-order valence-corrected chi connectivity index (χ3v) is 2.54. The third-order valence-electron chi connectivity index (χ3n) is 2.54. The molecule has 0 fully saturated rings. The van der Waals surface area contributed by atoms with Gasteiger partial charge in [0.15, 0.2) is 0 Å². The van der Waals surface area contributed by atoms with Gasteiger partial charge in [-0.05, 0) is 30.4 Å². The fourth-order valence-corrected chi connectivity index (χ4v) is 2.05. The van der Waals surface area contributed by atoms with E-state index in [2.05, 4.69) is 44.5 Å². The number of nitrogens with zero attached hydrogens (tertiary/aromatic N) is 2. The summed E-state index contributed by atoms with van der Waals surface area (Å²) in [5.74, 6) is 2.33. The van der Waals surface area contributed by atoms with Crippen LogP contribution in [0, 0.1) is 18.8 Å². The Hall–Kier alpha value is -1.25. The smallest absolute Gasteiger partial charge is 0.131 e. The van der Waals surface area contributed by atoms with E-state index < -0.39 is 0 Å². The zero-order chi connectivity index (χ0) is 13.0. The second-order valence-corrected chi connectivity index (χ2v) is 5.60. The molecule has 96 valence electrons. The van der Waals surface area contributed by atoms with Gasteiger partial charge in [0.2, 0.25) is 0 Å². The van der Waals surface area contributed by atoms with Crippen LogP contribution in [0.5, 0.6) is 0 Å². The van der Waals surface area contributed by atoms with Crippen LogP contribution in [0.2, 0.25) is 0 Å². The third kappa shape index (κ3) is 4.25.